The van der Waals surface area contributed by atoms with Gasteiger partial charge in [0.2, 0.25) is 10.3 Å². The summed E-state index contributed by atoms with van der Waals surface area (Å²) < 4.78 is 5.70. The van der Waals surface area contributed by atoms with Gasteiger partial charge < -0.3 is 20.1 Å². The molecule has 0 saturated carbocycles. The predicted octanol–water partition coefficient (Wildman–Crippen LogP) is 4.68. The molecule has 0 aliphatic carbocycles. The number of hydrogen-bond donors (Lipinski definition) is 3. The molecular formula is C23H27N5O4S. The van der Waals surface area contributed by atoms with Gasteiger partial charge in [0.05, 0.1) is 12.2 Å². The van der Waals surface area contributed by atoms with E-state index < -0.39 is 6.09 Å². The molecule has 3 aromatic rings. The van der Waals surface area contributed by atoms with E-state index in [1.54, 1.807) is 0 Å². The summed E-state index contributed by atoms with van der Waals surface area (Å²) >= 11 is 1.25. The van der Waals surface area contributed by atoms with Crippen molar-refractivity contribution in [3.63, 3.8) is 0 Å². The van der Waals surface area contributed by atoms with E-state index in [9.17, 15) is 14.7 Å². The zero-order valence-corrected chi connectivity index (χ0v) is 19.4. The van der Waals surface area contributed by atoms with Crippen LogP contribution in [0, 0.1) is 0 Å². The molecule has 1 aliphatic rings. The number of hydrogen-bond acceptors (Lipinski definition) is 7. The van der Waals surface area contributed by atoms with Crippen LogP contribution < -0.4 is 15.4 Å². The molecule has 33 heavy (non-hydrogen) atoms. The summed E-state index contributed by atoms with van der Waals surface area (Å²) in [6, 6.07) is 11.5. The molecule has 4 rings (SSSR count). The Morgan fingerprint density at radius 1 is 1.18 bits per heavy atom. The molecular weight excluding hydrogens is 442 g/mol. The van der Waals surface area contributed by atoms with Crippen LogP contribution >= 0.6 is 11.3 Å². The fourth-order valence-corrected chi connectivity index (χ4v) is 4.96. The molecule has 0 radical (unpaired) electrons. The number of carboxylic acid groups (broad SMARTS) is 1. The van der Waals surface area contributed by atoms with Crippen LogP contribution in [-0.4, -0.2) is 57.4 Å². The molecule has 2 unspecified atom stereocenters. The normalized spacial score (nSPS) is 18.2. The van der Waals surface area contributed by atoms with Gasteiger partial charge in [0.15, 0.2) is 0 Å². The zero-order valence-electron chi connectivity index (χ0n) is 18.6. The van der Waals surface area contributed by atoms with Crippen molar-refractivity contribution in [3.05, 3.63) is 42.0 Å². The topological polar surface area (TPSA) is 117 Å². The fraction of sp³-hybridized carbons (Fsp3) is 0.391. The highest BCUT2D eigenvalue weighted by Gasteiger charge is 2.30. The minimum atomic E-state index is -0.874. The van der Waals surface area contributed by atoms with Crippen molar-refractivity contribution < 1.29 is 19.4 Å². The van der Waals surface area contributed by atoms with Crippen molar-refractivity contribution in [1.82, 2.24) is 15.1 Å². The van der Waals surface area contributed by atoms with Crippen LogP contribution in [-0.2, 0) is 0 Å². The van der Waals surface area contributed by atoms with Crippen molar-refractivity contribution in [1.29, 1.82) is 0 Å². The SMILES string of the molecule is CCOc1ccc2ccccc2c1C(=O)Nc1nnc(NC2CCN(C(=O)O)C(CC)C2)s1. The number of fused-ring (bicyclic) bond motifs is 1. The minimum Gasteiger partial charge on any atom is -0.493 e. The molecule has 0 spiro atoms. The number of anilines is 2. The molecule has 174 valence electrons. The summed E-state index contributed by atoms with van der Waals surface area (Å²) in [7, 11) is 0. The first kappa shape index (κ1) is 22.8. The van der Waals surface area contributed by atoms with Crippen molar-refractivity contribution in [3.8, 4) is 5.75 Å². The molecule has 1 aliphatic heterocycles. The molecule has 2 atom stereocenters. The number of piperidine rings is 1. The van der Waals surface area contributed by atoms with Crippen molar-refractivity contribution in [2.75, 3.05) is 23.8 Å². The summed E-state index contributed by atoms with van der Waals surface area (Å²) in [5, 5.41) is 26.6. The number of carbonyl (C=O) groups excluding carboxylic acids is 1. The molecule has 2 heterocycles. The maximum atomic E-state index is 13.2. The summed E-state index contributed by atoms with van der Waals surface area (Å²) in [6.45, 7) is 4.80. The Morgan fingerprint density at radius 3 is 2.73 bits per heavy atom. The van der Waals surface area contributed by atoms with Crippen LogP contribution in [0.3, 0.4) is 0 Å². The molecule has 1 aromatic heterocycles. The van der Waals surface area contributed by atoms with E-state index >= 15 is 0 Å². The van der Waals surface area contributed by atoms with Crippen LogP contribution in [0.5, 0.6) is 5.75 Å². The van der Waals surface area contributed by atoms with Crippen molar-refractivity contribution in [2.45, 2.75) is 45.2 Å². The van der Waals surface area contributed by atoms with Gasteiger partial charge >= 0.3 is 6.09 Å². The van der Waals surface area contributed by atoms with Crippen LogP contribution in [0.15, 0.2) is 36.4 Å². The Morgan fingerprint density at radius 2 is 1.97 bits per heavy atom. The molecule has 2 amide bonds. The summed E-state index contributed by atoms with van der Waals surface area (Å²) in [5.41, 5.74) is 0.464. The van der Waals surface area contributed by atoms with Gasteiger partial charge in [-0.05, 0) is 43.0 Å². The first-order chi connectivity index (χ1) is 16.0. The molecule has 9 nitrogen and oxygen atoms in total. The van der Waals surface area contributed by atoms with Gasteiger partial charge in [0.1, 0.15) is 5.75 Å². The van der Waals surface area contributed by atoms with Gasteiger partial charge in [-0.2, -0.15) is 0 Å². The van der Waals surface area contributed by atoms with Crippen LogP contribution in [0.4, 0.5) is 15.1 Å². The van der Waals surface area contributed by atoms with E-state index in [0.717, 1.165) is 17.2 Å². The van der Waals surface area contributed by atoms with Crippen LogP contribution in [0.25, 0.3) is 10.8 Å². The van der Waals surface area contributed by atoms with Gasteiger partial charge in [-0.25, -0.2) is 4.79 Å². The highest BCUT2D eigenvalue weighted by Crippen LogP contribution is 2.31. The number of nitrogens with zero attached hydrogens (tertiary/aromatic N) is 3. The minimum absolute atomic E-state index is 0.0239. The van der Waals surface area contributed by atoms with E-state index in [0.29, 0.717) is 47.6 Å². The molecule has 3 N–H and O–H groups in total. The molecule has 0 bridgehead atoms. The third-order valence-electron chi connectivity index (χ3n) is 5.82. The number of carbonyl (C=O) groups is 2. The lowest BCUT2D eigenvalue weighted by Crippen LogP contribution is -2.48. The fourth-order valence-electron chi connectivity index (χ4n) is 4.25. The quantitative estimate of drug-likeness (QED) is 0.460. The van der Waals surface area contributed by atoms with E-state index in [2.05, 4.69) is 20.8 Å². The van der Waals surface area contributed by atoms with E-state index in [1.165, 1.54) is 16.2 Å². The first-order valence-corrected chi connectivity index (χ1v) is 11.9. The van der Waals surface area contributed by atoms with Crippen molar-refractivity contribution in [2.24, 2.45) is 0 Å². The number of rotatable bonds is 7. The monoisotopic (exact) mass is 469 g/mol. The molecule has 1 fully saturated rings. The molecule has 1 saturated heterocycles. The maximum Gasteiger partial charge on any atom is 0.407 e. The van der Waals surface area contributed by atoms with Crippen molar-refractivity contribution >= 4 is 44.4 Å². The first-order valence-electron chi connectivity index (χ1n) is 11.1. The Kier molecular flexibility index (Phi) is 6.93. The average Bonchev–Trinajstić information content (AvgIpc) is 3.25. The summed E-state index contributed by atoms with van der Waals surface area (Å²) in [6.07, 6.45) is 1.28. The third-order valence-corrected chi connectivity index (χ3v) is 6.59. The van der Waals surface area contributed by atoms with Gasteiger partial charge in [-0.3, -0.25) is 10.1 Å². The van der Waals surface area contributed by atoms with Crippen LogP contribution in [0.2, 0.25) is 0 Å². The molecule has 10 heteroatoms. The smallest absolute Gasteiger partial charge is 0.407 e. The lowest BCUT2D eigenvalue weighted by atomic mass is 9.96. The largest absolute Gasteiger partial charge is 0.493 e. The number of nitrogens with one attached hydrogen (secondary N) is 2. The summed E-state index contributed by atoms with van der Waals surface area (Å²) in [4.78, 5) is 26.1. The Labute approximate surface area is 195 Å². The number of ether oxygens (including phenoxy) is 1. The summed E-state index contributed by atoms with van der Waals surface area (Å²) in [5.74, 6) is 0.214. The highest BCUT2D eigenvalue weighted by molar-refractivity contribution is 7.19. The standard InChI is InChI=1S/C23H27N5O4S/c1-3-16-13-15(11-12-28(16)23(30)31)24-21-26-27-22(33-21)25-20(29)19-17-8-6-5-7-14(17)9-10-18(19)32-4-2/h5-10,15-16H,3-4,11-13H2,1-2H3,(H,24,26)(H,30,31)(H,25,27,29). The van der Waals surface area contributed by atoms with Gasteiger partial charge in [-0.1, -0.05) is 48.6 Å². The average molecular weight is 470 g/mol. The second kappa shape index (κ2) is 10.0. The maximum absolute atomic E-state index is 13.2. The van der Waals surface area contributed by atoms with Gasteiger partial charge in [0.25, 0.3) is 5.91 Å². The third kappa shape index (κ3) is 5.00. The van der Waals surface area contributed by atoms with Gasteiger partial charge in [0, 0.05) is 18.6 Å². The number of aromatic nitrogens is 2. The Balaban J connectivity index is 1.47. The zero-order chi connectivity index (χ0) is 23.4. The highest BCUT2D eigenvalue weighted by atomic mass is 32.1. The second-order valence-corrected chi connectivity index (χ2v) is 8.84. The molecule has 2 aromatic carbocycles. The van der Waals surface area contributed by atoms with Gasteiger partial charge in [-0.15, -0.1) is 10.2 Å². The second-order valence-electron chi connectivity index (χ2n) is 7.86. The number of benzene rings is 2. The Hall–Kier alpha value is -3.40. The lowest BCUT2D eigenvalue weighted by Gasteiger charge is -2.37. The predicted molar refractivity (Wildman–Crippen MR) is 128 cm³/mol. The lowest BCUT2D eigenvalue weighted by molar-refractivity contribution is 0.101. The van der Waals surface area contributed by atoms with E-state index in [4.69, 9.17) is 4.74 Å². The Bertz CT molecular complexity index is 1150. The number of likely N-dealkylation sites (tertiary alicyclic amines) is 1. The van der Waals surface area contributed by atoms with E-state index in [-0.39, 0.29) is 18.0 Å². The number of amides is 2. The van der Waals surface area contributed by atoms with E-state index in [1.807, 2.05) is 50.2 Å². The van der Waals surface area contributed by atoms with Crippen LogP contribution in [0.1, 0.15) is 43.5 Å².